The zero-order chi connectivity index (χ0) is 3.58. The van der Waals surface area contributed by atoms with Gasteiger partial charge in [-0.15, -0.1) is 0 Å². The first-order valence-corrected chi connectivity index (χ1v) is 0.651. The summed E-state index contributed by atoms with van der Waals surface area (Å²) >= 11 is 0. The van der Waals surface area contributed by atoms with E-state index < -0.39 is 6.16 Å². The van der Waals surface area contributed by atoms with Crippen LogP contribution in [0.2, 0.25) is 0 Å². The molecule has 0 rings (SSSR count). The van der Waals surface area contributed by atoms with Crippen LogP contribution in [0.4, 0.5) is 4.79 Å². The SMILES string of the molecule is O.O=C(O)O.[KH].[Zr]. The summed E-state index contributed by atoms with van der Waals surface area (Å²) in [5, 5.41) is 13.9. The minimum absolute atomic E-state index is 0. The van der Waals surface area contributed by atoms with Gasteiger partial charge < -0.3 is 15.7 Å². The van der Waals surface area contributed by atoms with Crippen molar-refractivity contribution in [2.75, 3.05) is 0 Å². The van der Waals surface area contributed by atoms with Gasteiger partial charge >= 0.3 is 57.5 Å². The first-order valence-electron chi connectivity index (χ1n) is 0.651. The molecule has 6 heteroatoms. The van der Waals surface area contributed by atoms with E-state index in [1.165, 1.54) is 0 Å². The molecule has 0 heterocycles. The van der Waals surface area contributed by atoms with E-state index in [0.717, 1.165) is 0 Å². The number of hydrogen-bond donors (Lipinski definition) is 2. The zero-order valence-electron chi connectivity index (χ0n) is 2.80. The topological polar surface area (TPSA) is 89.0 Å². The largest absolute Gasteiger partial charge is 0 e. The molecule has 0 aromatic heterocycles. The standard InChI is InChI=1S/CH2O3.K.H2O.Zr.H/c2-1(3)4;;;;/h(H2,2,3,4);;1H2;;. The van der Waals surface area contributed by atoms with E-state index >= 15 is 0 Å². The number of carbonyl (C=O) groups is 1. The van der Waals surface area contributed by atoms with Crippen molar-refractivity contribution < 1.29 is 46.7 Å². The summed E-state index contributed by atoms with van der Waals surface area (Å²) in [6, 6.07) is 0. The van der Waals surface area contributed by atoms with Gasteiger partial charge in [-0.05, 0) is 0 Å². The quantitative estimate of drug-likeness (QED) is 0.491. The van der Waals surface area contributed by atoms with Crippen LogP contribution in [-0.4, -0.2) is 73.2 Å². The maximum absolute atomic E-state index is 8.56. The van der Waals surface area contributed by atoms with Crippen molar-refractivity contribution in [1.29, 1.82) is 0 Å². The Labute approximate surface area is 102 Å². The van der Waals surface area contributed by atoms with Crippen LogP contribution >= 0.6 is 0 Å². The van der Waals surface area contributed by atoms with Crippen molar-refractivity contribution in [1.82, 2.24) is 0 Å². The molecule has 0 aliphatic heterocycles. The molecule has 0 bridgehead atoms. The third-order valence-electron chi connectivity index (χ3n) is 0. The molecule has 0 unspecified atom stereocenters. The van der Waals surface area contributed by atoms with Crippen LogP contribution in [0.25, 0.3) is 0 Å². The third kappa shape index (κ3) is 83.7. The van der Waals surface area contributed by atoms with Crippen LogP contribution in [0.3, 0.4) is 0 Å². The second-order valence-corrected chi connectivity index (χ2v) is 0.283. The molecule has 0 aliphatic carbocycles. The Morgan fingerprint density at radius 2 is 1.29 bits per heavy atom. The predicted octanol–water partition coefficient (Wildman–Crippen LogP) is -1.25. The van der Waals surface area contributed by atoms with Crippen LogP contribution in [0.1, 0.15) is 0 Å². The van der Waals surface area contributed by atoms with Gasteiger partial charge in [0.05, 0.1) is 0 Å². The molecular weight excluding hydrogens is 206 g/mol. The van der Waals surface area contributed by atoms with Crippen molar-refractivity contribution in [2.45, 2.75) is 0 Å². The molecule has 0 aromatic rings. The molecule has 38 valence electrons. The number of carboxylic acid groups (broad SMARTS) is 2. The molecule has 4 nitrogen and oxygen atoms in total. The fourth-order valence-corrected chi connectivity index (χ4v) is 0. The minimum Gasteiger partial charge on any atom is 0 e. The summed E-state index contributed by atoms with van der Waals surface area (Å²) in [6.45, 7) is 0. The second kappa shape index (κ2) is 15.7. The van der Waals surface area contributed by atoms with E-state index in [4.69, 9.17) is 15.0 Å². The molecule has 0 radical (unpaired) electrons. The zero-order valence-corrected chi connectivity index (χ0v) is 5.26. The molecule has 0 fully saturated rings. The molecule has 7 heavy (non-hydrogen) atoms. The van der Waals surface area contributed by atoms with Crippen LogP contribution in [0, 0.1) is 0 Å². The van der Waals surface area contributed by atoms with Crippen molar-refractivity contribution in [2.24, 2.45) is 0 Å². The normalized spacial score (nSPS) is 3.43. The molecule has 0 aromatic carbocycles. The summed E-state index contributed by atoms with van der Waals surface area (Å²) < 4.78 is 0. The molecule has 4 N–H and O–H groups in total. The van der Waals surface area contributed by atoms with E-state index in [-0.39, 0.29) is 83.1 Å². The molecule has 0 aliphatic rings. The summed E-state index contributed by atoms with van der Waals surface area (Å²) in [5.74, 6) is 0. The summed E-state index contributed by atoms with van der Waals surface area (Å²) in [4.78, 5) is 8.56. The van der Waals surface area contributed by atoms with Gasteiger partial charge in [0, 0.05) is 26.2 Å². The monoisotopic (exact) mass is 210 g/mol. The third-order valence-corrected chi connectivity index (χ3v) is 0. The maximum atomic E-state index is 8.56. The minimum atomic E-state index is -1.83. The fraction of sp³-hybridized carbons (Fsp3) is 0. The van der Waals surface area contributed by atoms with Gasteiger partial charge in [0.2, 0.25) is 0 Å². The van der Waals surface area contributed by atoms with Gasteiger partial charge in [0.15, 0.2) is 0 Å². The Bertz CT molecular complexity index is 34.7. The number of rotatable bonds is 0. The Balaban J connectivity index is -0.0000000150. The molecular formula is CH5KO4Zr. The Kier molecular flexibility index (Phi) is 52.1. The van der Waals surface area contributed by atoms with Gasteiger partial charge in [-0.1, -0.05) is 0 Å². The van der Waals surface area contributed by atoms with Gasteiger partial charge in [0.1, 0.15) is 0 Å². The molecule has 0 atom stereocenters. The summed E-state index contributed by atoms with van der Waals surface area (Å²) in [5.41, 5.74) is 0. The smallest absolute Gasteiger partial charge is 0 e. The first-order chi connectivity index (χ1) is 1.73. The molecule has 0 saturated heterocycles. The molecule has 0 amide bonds. The van der Waals surface area contributed by atoms with Crippen molar-refractivity contribution in [3.63, 3.8) is 0 Å². The van der Waals surface area contributed by atoms with Crippen molar-refractivity contribution in [3.8, 4) is 0 Å². The first kappa shape index (κ1) is 23.3. The Hall–Kier alpha value is 1.75. The second-order valence-electron chi connectivity index (χ2n) is 0.283. The summed E-state index contributed by atoms with van der Waals surface area (Å²) in [6.07, 6.45) is -1.83. The van der Waals surface area contributed by atoms with E-state index in [0.29, 0.717) is 0 Å². The maximum Gasteiger partial charge on any atom is 0 e. The average Bonchev–Trinajstić information content (AvgIpc) is 0.811. The van der Waals surface area contributed by atoms with E-state index in [9.17, 15) is 0 Å². The van der Waals surface area contributed by atoms with Gasteiger partial charge in [0.25, 0.3) is 0 Å². The van der Waals surface area contributed by atoms with Crippen molar-refractivity contribution in [3.05, 3.63) is 0 Å². The fourth-order valence-electron chi connectivity index (χ4n) is 0. The molecule has 0 spiro atoms. The van der Waals surface area contributed by atoms with Gasteiger partial charge in [-0.2, -0.15) is 0 Å². The van der Waals surface area contributed by atoms with Crippen LogP contribution in [-0.2, 0) is 26.2 Å². The van der Waals surface area contributed by atoms with Gasteiger partial charge in [-0.3, -0.25) is 0 Å². The van der Waals surface area contributed by atoms with E-state index in [1.54, 1.807) is 0 Å². The van der Waals surface area contributed by atoms with Crippen LogP contribution in [0.5, 0.6) is 0 Å². The van der Waals surface area contributed by atoms with Gasteiger partial charge in [-0.25, -0.2) is 4.79 Å². The predicted molar refractivity (Wildman–Crippen MR) is 21.4 cm³/mol. The Morgan fingerprint density at radius 3 is 1.29 bits per heavy atom. The summed E-state index contributed by atoms with van der Waals surface area (Å²) in [7, 11) is 0. The van der Waals surface area contributed by atoms with Crippen LogP contribution in [0.15, 0.2) is 0 Å². The van der Waals surface area contributed by atoms with E-state index in [2.05, 4.69) is 0 Å². The Morgan fingerprint density at radius 1 is 1.29 bits per heavy atom. The van der Waals surface area contributed by atoms with Crippen molar-refractivity contribution >= 4 is 57.5 Å². The average molecular weight is 211 g/mol. The number of hydrogen-bond acceptors (Lipinski definition) is 1. The molecule has 0 saturated carbocycles. The van der Waals surface area contributed by atoms with Crippen LogP contribution < -0.4 is 0 Å². The van der Waals surface area contributed by atoms with E-state index in [1.807, 2.05) is 0 Å².